The average Bonchev–Trinajstić information content (AvgIpc) is 2.89. The van der Waals surface area contributed by atoms with Gasteiger partial charge in [0.2, 0.25) is 5.91 Å². The number of nitrogens with zero attached hydrogens (tertiary/aromatic N) is 1. The van der Waals surface area contributed by atoms with E-state index in [4.69, 9.17) is 5.11 Å². The molecule has 1 aromatic carbocycles. The lowest BCUT2D eigenvalue weighted by Gasteiger charge is -2.17. The molecule has 0 radical (unpaired) electrons. The van der Waals surface area contributed by atoms with Crippen LogP contribution in [-0.4, -0.2) is 40.9 Å². The number of likely N-dealkylation sites (tertiary alicyclic amines) is 1. The zero-order valence-electron chi connectivity index (χ0n) is 11.4. The number of carbonyl (C=O) groups excluding carboxylic acids is 2. The van der Waals surface area contributed by atoms with Crippen molar-refractivity contribution in [3.8, 4) is 0 Å². The molecule has 2 rings (SSSR count). The van der Waals surface area contributed by atoms with Gasteiger partial charge in [0.05, 0.1) is 11.5 Å². The molecule has 2 N–H and O–H groups in total. The van der Waals surface area contributed by atoms with Gasteiger partial charge in [-0.2, -0.15) is 0 Å². The number of nitrogens with one attached hydrogen (secondary N) is 1. The fourth-order valence-electron chi connectivity index (χ4n) is 2.29. The van der Waals surface area contributed by atoms with Crippen LogP contribution in [0.5, 0.6) is 0 Å². The van der Waals surface area contributed by atoms with Crippen molar-refractivity contribution in [2.75, 3.05) is 18.4 Å². The zero-order chi connectivity index (χ0) is 15.6. The number of anilines is 1. The third kappa shape index (κ3) is 3.36. The molecule has 6 nitrogen and oxygen atoms in total. The van der Waals surface area contributed by atoms with Crippen molar-refractivity contribution >= 4 is 23.5 Å². The van der Waals surface area contributed by atoms with Crippen LogP contribution in [0, 0.1) is 11.7 Å². The summed E-state index contributed by atoms with van der Waals surface area (Å²) < 4.78 is 13.8. The molecule has 7 heteroatoms. The van der Waals surface area contributed by atoms with Gasteiger partial charge >= 0.3 is 5.97 Å². The van der Waals surface area contributed by atoms with Crippen LogP contribution in [-0.2, 0) is 9.59 Å². The van der Waals surface area contributed by atoms with E-state index in [1.54, 1.807) is 0 Å². The Balaban J connectivity index is 2.19. The van der Waals surface area contributed by atoms with Crippen LogP contribution in [0.3, 0.4) is 0 Å². The van der Waals surface area contributed by atoms with Gasteiger partial charge in [0.1, 0.15) is 5.82 Å². The van der Waals surface area contributed by atoms with Crippen molar-refractivity contribution in [1.29, 1.82) is 0 Å². The molecule has 1 unspecified atom stereocenters. The summed E-state index contributed by atoms with van der Waals surface area (Å²) in [7, 11) is 0. The predicted octanol–water partition coefficient (Wildman–Crippen LogP) is 1.33. The zero-order valence-corrected chi connectivity index (χ0v) is 11.4. The number of halogens is 1. The summed E-state index contributed by atoms with van der Waals surface area (Å²) in [5, 5.41) is 11.4. The Kier molecular flexibility index (Phi) is 4.21. The number of carboxylic acid groups (broad SMARTS) is 1. The molecule has 0 aliphatic carbocycles. The van der Waals surface area contributed by atoms with Crippen LogP contribution in [0.1, 0.15) is 23.7 Å². The third-order valence-electron chi connectivity index (χ3n) is 3.34. The van der Waals surface area contributed by atoms with E-state index in [9.17, 15) is 18.8 Å². The molecule has 112 valence electrons. The lowest BCUT2D eigenvalue weighted by atomic mass is 10.1. The Morgan fingerprint density at radius 3 is 2.67 bits per heavy atom. The average molecular weight is 294 g/mol. The van der Waals surface area contributed by atoms with Crippen molar-refractivity contribution in [2.24, 2.45) is 5.92 Å². The number of aliphatic carboxylic acids is 1. The first-order valence-electron chi connectivity index (χ1n) is 6.47. The number of carbonyl (C=O) groups is 3. The number of carboxylic acids is 1. The van der Waals surface area contributed by atoms with Gasteiger partial charge in [-0.1, -0.05) is 0 Å². The number of hydrogen-bond donors (Lipinski definition) is 2. The van der Waals surface area contributed by atoms with Crippen LogP contribution >= 0.6 is 0 Å². The van der Waals surface area contributed by atoms with Gasteiger partial charge in [-0.25, -0.2) is 4.39 Å². The number of benzene rings is 1. The van der Waals surface area contributed by atoms with Gasteiger partial charge in [-0.3, -0.25) is 14.4 Å². The Morgan fingerprint density at radius 2 is 2.10 bits per heavy atom. The van der Waals surface area contributed by atoms with E-state index in [1.807, 2.05) is 0 Å². The lowest BCUT2D eigenvalue weighted by molar-refractivity contribution is -0.141. The quantitative estimate of drug-likeness (QED) is 0.880. The molecule has 1 heterocycles. The highest BCUT2D eigenvalue weighted by Gasteiger charge is 2.32. The highest BCUT2D eigenvalue weighted by Crippen LogP contribution is 2.22. The molecule has 0 spiro atoms. The fourth-order valence-corrected chi connectivity index (χ4v) is 2.29. The van der Waals surface area contributed by atoms with Crippen molar-refractivity contribution in [2.45, 2.75) is 13.3 Å². The third-order valence-corrected chi connectivity index (χ3v) is 3.34. The highest BCUT2D eigenvalue weighted by atomic mass is 19.1. The summed E-state index contributed by atoms with van der Waals surface area (Å²) in [4.78, 5) is 35.4. The summed E-state index contributed by atoms with van der Waals surface area (Å²) in [5.41, 5.74) is 0.147. The largest absolute Gasteiger partial charge is 0.481 e. The van der Waals surface area contributed by atoms with Crippen LogP contribution in [0.15, 0.2) is 18.2 Å². The molecule has 1 aromatic rings. The molecular weight excluding hydrogens is 279 g/mol. The van der Waals surface area contributed by atoms with Crippen LogP contribution in [0.2, 0.25) is 0 Å². The molecular formula is C14H15FN2O4. The molecule has 1 fully saturated rings. The van der Waals surface area contributed by atoms with Crippen molar-refractivity contribution in [3.05, 3.63) is 29.6 Å². The minimum atomic E-state index is -0.960. The first-order valence-corrected chi connectivity index (χ1v) is 6.47. The van der Waals surface area contributed by atoms with E-state index in [-0.39, 0.29) is 24.6 Å². The van der Waals surface area contributed by atoms with Gasteiger partial charge in [-0.05, 0) is 24.6 Å². The first kappa shape index (κ1) is 15.0. The van der Waals surface area contributed by atoms with Gasteiger partial charge in [-0.15, -0.1) is 0 Å². The van der Waals surface area contributed by atoms with E-state index in [1.165, 1.54) is 24.0 Å². The molecule has 1 aliphatic heterocycles. The van der Waals surface area contributed by atoms with Crippen LogP contribution in [0.4, 0.5) is 10.1 Å². The minimum absolute atomic E-state index is 0.0674. The van der Waals surface area contributed by atoms with Crippen molar-refractivity contribution < 1.29 is 23.9 Å². The van der Waals surface area contributed by atoms with Crippen molar-refractivity contribution in [3.63, 3.8) is 0 Å². The summed E-state index contributed by atoms with van der Waals surface area (Å²) in [6.07, 6.45) is 0.355. The summed E-state index contributed by atoms with van der Waals surface area (Å²) >= 11 is 0. The molecule has 0 aromatic heterocycles. The Morgan fingerprint density at radius 1 is 1.38 bits per heavy atom. The second kappa shape index (κ2) is 5.90. The van der Waals surface area contributed by atoms with Gasteiger partial charge in [0.15, 0.2) is 0 Å². The number of amides is 2. The molecule has 0 saturated carbocycles. The maximum Gasteiger partial charge on any atom is 0.308 e. The fraction of sp³-hybridized carbons (Fsp3) is 0.357. The summed E-state index contributed by atoms with van der Waals surface area (Å²) in [5.74, 6) is -3.17. The summed E-state index contributed by atoms with van der Waals surface area (Å²) in [6, 6.07) is 3.72. The highest BCUT2D eigenvalue weighted by molar-refractivity contribution is 5.97. The summed E-state index contributed by atoms with van der Waals surface area (Å²) in [6.45, 7) is 1.65. The smallest absolute Gasteiger partial charge is 0.308 e. The van der Waals surface area contributed by atoms with E-state index in [0.717, 1.165) is 6.07 Å². The first-order chi connectivity index (χ1) is 9.88. The maximum atomic E-state index is 13.8. The Bertz CT molecular complexity index is 603. The van der Waals surface area contributed by atoms with E-state index >= 15 is 0 Å². The van der Waals surface area contributed by atoms with Crippen LogP contribution < -0.4 is 5.32 Å². The van der Waals surface area contributed by atoms with Crippen molar-refractivity contribution in [1.82, 2.24) is 4.90 Å². The van der Waals surface area contributed by atoms with E-state index < -0.39 is 23.6 Å². The SMILES string of the molecule is CC(=O)Nc1ccc(F)c(C(=O)N2CCC(C(=O)O)C2)c1. The normalized spacial score (nSPS) is 17.6. The van der Waals surface area contributed by atoms with Gasteiger partial charge < -0.3 is 15.3 Å². The molecule has 0 bridgehead atoms. The predicted molar refractivity (Wildman–Crippen MR) is 72.4 cm³/mol. The molecule has 21 heavy (non-hydrogen) atoms. The second-order valence-electron chi connectivity index (χ2n) is 4.95. The topological polar surface area (TPSA) is 86.7 Å². The lowest BCUT2D eigenvalue weighted by Crippen LogP contribution is -2.30. The van der Waals surface area contributed by atoms with Gasteiger partial charge in [0.25, 0.3) is 5.91 Å². The molecule has 2 amide bonds. The number of hydrogen-bond acceptors (Lipinski definition) is 3. The number of rotatable bonds is 3. The Hall–Kier alpha value is -2.44. The molecule has 1 aliphatic rings. The molecule has 1 saturated heterocycles. The Labute approximate surface area is 120 Å². The second-order valence-corrected chi connectivity index (χ2v) is 4.95. The standard InChI is InChI=1S/C14H15FN2O4/c1-8(18)16-10-2-3-12(15)11(6-10)13(19)17-5-4-9(7-17)14(20)21/h2-3,6,9H,4-5,7H2,1H3,(H,16,18)(H,20,21). The molecule has 1 atom stereocenters. The monoisotopic (exact) mass is 294 g/mol. The van der Waals surface area contributed by atoms with Crippen LogP contribution in [0.25, 0.3) is 0 Å². The van der Waals surface area contributed by atoms with E-state index in [2.05, 4.69) is 5.32 Å². The minimum Gasteiger partial charge on any atom is -0.481 e. The maximum absolute atomic E-state index is 13.8. The van der Waals surface area contributed by atoms with E-state index in [0.29, 0.717) is 12.1 Å². The van der Waals surface area contributed by atoms with Gasteiger partial charge in [0, 0.05) is 25.7 Å².